The zero-order valence-corrected chi connectivity index (χ0v) is 12.3. The van der Waals surface area contributed by atoms with Crippen molar-refractivity contribution in [3.63, 3.8) is 0 Å². The van der Waals surface area contributed by atoms with Gasteiger partial charge in [0.2, 0.25) is 5.95 Å². The summed E-state index contributed by atoms with van der Waals surface area (Å²) in [4.78, 5) is 13.9. The molecular weight excluding hydrogens is 238 g/mol. The molecule has 5 nitrogen and oxygen atoms in total. The molecule has 0 aromatic carbocycles. The van der Waals surface area contributed by atoms with E-state index in [1.165, 1.54) is 6.42 Å². The van der Waals surface area contributed by atoms with Gasteiger partial charge in [0.25, 0.3) is 0 Å². The van der Waals surface area contributed by atoms with Crippen LogP contribution >= 0.6 is 0 Å². The molecule has 0 bridgehead atoms. The van der Waals surface area contributed by atoms with Crippen LogP contribution in [0.1, 0.15) is 25.3 Å². The van der Waals surface area contributed by atoms with Crippen LogP contribution in [-0.4, -0.2) is 54.6 Å². The van der Waals surface area contributed by atoms with Crippen molar-refractivity contribution in [1.29, 1.82) is 0 Å². The van der Waals surface area contributed by atoms with Crippen molar-refractivity contribution in [2.75, 3.05) is 38.6 Å². The Hall–Kier alpha value is -1.20. The molecule has 0 saturated carbocycles. The number of hydrogen-bond donors (Lipinski definition) is 1. The minimum atomic E-state index is 0.516. The molecule has 1 saturated heterocycles. The van der Waals surface area contributed by atoms with Crippen molar-refractivity contribution in [2.45, 2.75) is 32.4 Å². The topological polar surface area (TPSA) is 44.3 Å². The lowest BCUT2D eigenvalue weighted by Crippen LogP contribution is -2.40. The normalized spacial score (nSPS) is 21.4. The van der Waals surface area contributed by atoms with Gasteiger partial charge in [-0.3, -0.25) is 0 Å². The molecule has 1 fully saturated rings. The minimum Gasteiger partial charge on any atom is -0.337 e. The van der Waals surface area contributed by atoms with Gasteiger partial charge in [0.05, 0.1) is 0 Å². The lowest BCUT2D eigenvalue weighted by molar-refractivity contribution is 0.327. The molecule has 1 aliphatic heterocycles. The first-order valence-electron chi connectivity index (χ1n) is 7.15. The van der Waals surface area contributed by atoms with E-state index in [1.807, 2.05) is 19.4 Å². The monoisotopic (exact) mass is 263 g/mol. The molecule has 0 amide bonds. The van der Waals surface area contributed by atoms with Gasteiger partial charge in [0.1, 0.15) is 0 Å². The number of nitrogens with zero attached hydrogens (tertiary/aromatic N) is 4. The number of rotatable bonds is 4. The van der Waals surface area contributed by atoms with Crippen molar-refractivity contribution in [3.8, 4) is 0 Å². The molecule has 1 atom stereocenters. The van der Waals surface area contributed by atoms with Gasteiger partial charge in [-0.15, -0.1) is 0 Å². The van der Waals surface area contributed by atoms with Gasteiger partial charge >= 0.3 is 0 Å². The average molecular weight is 263 g/mol. The number of aromatic nitrogens is 2. The Morgan fingerprint density at radius 1 is 1.32 bits per heavy atom. The smallest absolute Gasteiger partial charge is 0.225 e. The molecule has 0 spiro atoms. The van der Waals surface area contributed by atoms with Gasteiger partial charge in [-0.25, -0.2) is 9.97 Å². The summed E-state index contributed by atoms with van der Waals surface area (Å²) in [7, 11) is 4.13. The first-order valence-corrected chi connectivity index (χ1v) is 7.15. The highest BCUT2D eigenvalue weighted by Crippen LogP contribution is 2.17. The van der Waals surface area contributed by atoms with Crippen LogP contribution in [0.5, 0.6) is 0 Å². The second kappa shape index (κ2) is 6.82. The SMILES string of the molecule is CCC1CN(C)CCCN1c1ncc(CNC)cn1. The van der Waals surface area contributed by atoms with Gasteiger partial charge in [-0.2, -0.15) is 0 Å². The molecule has 2 heterocycles. The fourth-order valence-electron chi connectivity index (χ4n) is 2.65. The van der Waals surface area contributed by atoms with Crippen LogP contribution in [0.3, 0.4) is 0 Å². The minimum absolute atomic E-state index is 0.516. The van der Waals surface area contributed by atoms with Gasteiger partial charge in [-0.1, -0.05) is 6.92 Å². The number of likely N-dealkylation sites (N-methyl/N-ethyl adjacent to an activating group) is 1. The van der Waals surface area contributed by atoms with E-state index in [1.54, 1.807) is 0 Å². The number of nitrogens with one attached hydrogen (secondary N) is 1. The molecule has 1 aliphatic rings. The van der Waals surface area contributed by atoms with Gasteiger partial charge in [-0.05, 0) is 33.5 Å². The first-order chi connectivity index (χ1) is 9.24. The summed E-state index contributed by atoms with van der Waals surface area (Å²) >= 11 is 0. The average Bonchev–Trinajstić information content (AvgIpc) is 2.61. The maximum absolute atomic E-state index is 4.54. The molecule has 106 valence electrons. The van der Waals surface area contributed by atoms with E-state index in [0.717, 1.165) is 44.1 Å². The van der Waals surface area contributed by atoms with Crippen LogP contribution < -0.4 is 10.2 Å². The fraction of sp³-hybridized carbons (Fsp3) is 0.714. The number of anilines is 1. The van der Waals surface area contributed by atoms with Crippen LogP contribution in [0.25, 0.3) is 0 Å². The molecule has 19 heavy (non-hydrogen) atoms. The highest BCUT2D eigenvalue weighted by atomic mass is 15.3. The van der Waals surface area contributed by atoms with Crippen molar-refractivity contribution in [1.82, 2.24) is 20.2 Å². The zero-order chi connectivity index (χ0) is 13.7. The van der Waals surface area contributed by atoms with E-state index in [4.69, 9.17) is 0 Å². The van der Waals surface area contributed by atoms with Crippen molar-refractivity contribution in [2.24, 2.45) is 0 Å². The van der Waals surface area contributed by atoms with Crippen LogP contribution in [0.4, 0.5) is 5.95 Å². The molecule has 1 aromatic rings. The summed E-state index contributed by atoms with van der Waals surface area (Å²) in [5, 5.41) is 3.12. The third kappa shape index (κ3) is 3.64. The standard InChI is InChI=1S/C14H25N5/c1-4-13-11-18(3)6-5-7-19(13)14-16-9-12(8-15-2)10-17-14/h9-10,13,15H,4-8,11H2,1-3H3. The maximum atomic E-state index is 4.54. The first kappa shape index (κ1) is 14.2. The van der Waals surface area contributed by atoms with E-state index in [9.17, 15) is 0 Å². The fourth-order valence-corrected chi connectivity index (χ4v) is 2.65. The van der Waals surface area contributed by atoms with Crippen LogP contribution in [0.15, 0.2) is 12.4 Å². The van der Waals surface area contributed by atoms with E-state index >= 15 is 0 Å². The summed E-state index contributed by atoms with van der Waals surface area (Å²) in [6.45, 7) is 6.36. The summed E-state index contributed by atoms with van der Waals surface area (Å²) in [6.07, 6.45) is 6.17. The molecular formula is C14H25N5. The van der Waals surface area contributed by atoms with Crippen LogP contribution in [0, 0.1) is 0 Å². The molecule has 0 radical (unpaired) electrons. The lowest BCUT2D eigenvalue weighted by Gasteiger charge is -2.30. The van der Waals surface area contributed by atoms with Crippen molar-refractivity contribution in [3.05, 3.63) is 18.0 Å². The van der Waals surface area contributed by atoms with Gasteiger partial charge < -0.3 is 15.1 Å². The third-order valence-electron chi connectivity index (χ3n) is 3.70. The highest BCUT2D eigenvalue weighted by Gasteiger charge is 2.23. The molecule has 1 unspecified atom stereocenters. The number of hydrogen-bond acceptors (Lipinski definition) is 5. The van der Waals surface area contributed by atoms with Gasteiger partial charge in [0, 0.05) is 43.6 Å². The molecule has 0 aliphatic carbocycles. The summed E-state index contributed by atoms with van der Waals surface area (Å²) in [5.74, 6) is 0.877. The second-order valence-corrected chi connectivity index (χ2v) is 5.29. The van der Waals surface area contributed by atoms with Crippen molar-refractivity contribution >= 4 is 5.95 Å². The summed E-state index contributed by atoms with van der Waals surface area (Å²) < 4.78 is 0. The largest absolute Gasteiger partial charge is 0.337 e. The van der Waals surface area contributed by atoms with Crippen LogP contribution in [-0.2, 0) is 6.54 Å². The molecule has 1 N–H and O–H groups in total. The Bertz CT molecular complexity index is 378. The maximum Gasteiger partial charge on any atom is 0.225 e. The van der Waals surface area contributed by atoms with E-state index in [2.05, 4.69) is 39.1 Å². The second-order valence-electron chi connectivity index (χ2n) is 5.29. The molecule has 5 heteroatoms. The Balaban J connectivity index is 2.13. The van der Waals surface area contributed by atoms with Crippen LogP contribution in [0.2, 0.25) is 0 Å². The third-order valence-corrected chi connectivity index (χ3v) is 3.70. The Kier molecular flexibility index (Phi) is 5.10. The van der Waals surface area contributed by atoms with E-state index in [-0.39, 0.29) is 0 Å². The van der Waals surface area contributed by atoms with Gasteiger partial charge in [0.15, 0.2) is 0 Å². The predicted octanol–water partition coefficient (Wildman–Crippen LogP) is 1.12. The van der Waals surface area contributed by atoms with Crippen molar-refractivity contribution < 1.29 is 0 Å². The summed E-state index contributed by atoms with van der Waals surface area (Å²) in [5.41, 5.74) is 1.13. The Labute approximate surface area is 116 Å². The molecule has 2 rings (SSSR count). The zero-order valence-electron chi connectivity index (χ0n) is 12.3. The lowest BCUT2D eigenvalue weighted by atomic mass is 10.2. The predicted molar refractivity (Wildman–Crippen MR) is 78.3 cm³/mol. The Morgan fingerprint density at radius 2 is 2.05 bits per heavy atom. The Morgan fingerprint density at radius 3 is 2.68 bits per heavy atom. The molecule has 1 aromatic heterocycles. The quantitative estimate of drug-likeness (QED) is 0.882. The van der Waals surface area contributed by atoms with E-state index in [0.29, 0.717) is 6.04 Å². The van der Waals surface area contributed by atoms with E-state index < -0.39 is 0 Å². The highest BCUT2D eigenvalue weighted by molar-refractivity contribution is 5.32. The summed E-state index contributed by atoms with van der Waals surface area (Å²) in [6, 6.07) is 0.516.